The van der Waals surface area contributed by atoms with E-state index >= 15 is 0 Å². The van der Waals surface area contributed by atoms with E-state index in [0.717, 1.165) is 10.2 Å². The second-order valence-electron chi connectivity index (χ2n) is 5.24. The molecule has 0 unspecified atom stereocenters. The van der Waals surface area contributed by atoms with Gasteiger partial charge in [0.25, 0.3) is 10.0 Å². The zero-order valence-corrected chi connectivity index (χ0v) is 13.9. The van der Waals surface area contributed by atoms with E-state index in [1.165, 1.54) is 24.4 Å². The lowest BCUT2D eigenvalue weighted by Crippen LogP contribution is -2.27. The van der Waals surface area contributed by atoms with E-state index < -0.39 is 20.0 Å². The quantitative estimate of drug-likeness (QED) is 0.865. The van der Waals surface area contributed by atoms with E-state index in [9.17, 15) is 16.8 Å². The van der Waals surface area contributed by atoms with Crippen LogP contribution in [0, 0.1) is 5.92 Å². The molecule has 2 rings (SSSR count). The molecule has 0 spiro atoms. The Morgan fingerprint density at radius 1 is 1.00 bits per heavy atom. The Balaban J connectivity index is 2.33. The lowest BCUT2D eigenvalue weighted by Gasteiger charge is -2.07. The normalized spacial score (nSPS) is 12.7. The molecule has 0 saturated heterocycles. The zero-order valence-electron chi connectivity index (χ0n) is 12.3. The largest absolute Gasteiger partial charge is 0.267 e. The van der Waals surface area contributed by atoms with Crippen molar-refractivity contribution in [2.75, 3.05) is 6.54 Å². The van der Waals surface area contributed by atoms with Crippen LogP contribution in [-0.4, -0.2) is 27.4 Å². The van der Waals surface area contributed by atoms with Crippen LogP contribution in [0.3, 0.4) is 0 Å². The van der Waals surface area contributed by atoms with Crippen molar-refractivity contribution in [3.63, 3.8) is 0 Å². The van der Waals surface area contributed by atoms with E-state index in [1.807, 2.05) is 13.8 Å². The molecule has 1 N–H and O–H groups in total. The number of aromatic nitrogens is 1. The summed E-state index contributed by atoms with van der Waals surface area (Å²) in [5.74, 6) is 0.157. The summed E-state index contributed by atoms with van der Waals surface area (Å²) >= 11 is 0. The molecule has 1 heterocycles. The number of nitrogens with one attached hydrogen (secondary N) is 1. The van der Waals surface area contributed by atoms with Gasteiger partial charge in [0.05, 0.1) is 4.90 Å². The van der Waals surface area contributed by atoms with Gasteiger partial charge >= 0.3 is 0 Å². The van der Waals surface area contributed by atoms with Crippen LogP contribution in [0.2, 0.25) is 0 Å². The van der Waals surface area contributed by atoms with Gasteiger partial charge in [0, 0.05) is 18.9 Å². The van der Waals surface area contributed by atoms with Crippen LogP contribution in [0.5, 0.6) is 0 Å². The standard InChI is InChI=1S/C14H18N2O4S2/c1-12(2)10-15-21(17,18)14-8-9-16(11-14)22(19,20)13-6-4-3-5-7-13/h3-9,11-12,15H,10H2,1-2H3. The van der Waals surface area contributed by atoms with E-state index in [-0.39, 0.29) is 15.7 Å². The molecular weight excluding hydrogens is 324 g/mol. The average Bonchev–Trinajstić information content (AvgIpc) is 2.97. The number of nitrogens with zero attached hydrogens (tertiary/aromatic N) is 1. The van der Waals surface area contributed by atoms with E-state index in [4.69, 9.17) is 0 Å². The summed E-state index contributed by atoms with van der Waals surface area (Å²) in [5.41, 5.74) is 0. The van der Waals surface area contributed by atoms with Crippen molar-refractivity contribution in [3.8, 4) is 0 Å². The molecule has 0 radical (unpaired) electrons. The molecule has 22 heavy (non-hydrogen) atoms. The summed E-state index contributed by atoms with van der Waals surface area (Å²) in [6.07, 6.45) is 2.33. The van der Waals surface area contributed by atoms with Crippen molar-refractivity contribution < 1.29 is 16.8 Å². The van der Waals surface area contributed by atoms with Gasteiger partial charge in [-0.05, 0) is 24.1 Å². The first-order chi connectivity index (χ1) is 10.2. The fourth-order valence-corrected chi connectivity index (χ4v) is 4.24. The minimum absolute atomic E-state index is 0.0762. The molecule has 0 bridgehead atoms. The van der Waals surface area contributed by atoms with Crippen molar-refractivity contribution in [3.05, 3.63) is 48.8 Å². The van der Waals surface area contributed by atoms with E-state index in [0.29, 0.717) is 6.54 Å². The Hall–Kier alpha value is -1.64. The molecule has 0 aliphatic rings. The molecule has 0 saturated carbocycles. The van der Waals surface area contributed by atoms with Crippen molar-refractivity contribution in [1.82, 2.24) is 8.69 Å². The Kier molecular flexibility index (Phi) is 4.74. The van der Waals surface area contributed by atoms with Crippen LogP contribution >= 0.6 is 0 Å². The molecular formula is C14H18N2O4S2. The highest BCUT2D eigenvalue weighted by Crippen LogP contribution is 2.17. The number of sulfonamides is 1. The van der Waals surface area contributed by atoms with Gasteiger partial charge in [-0.15, -0.1) is 0 Å². The van der Waals surface area contributed by atoms with Crippen molar-refractivity contribution in [1.29, 1.82) is 0 Å². The highest BCUT2D eigenvalue weighted by molar-refractivity contribution is 7.90. The molecule has 0 amide bonds. The zero-order chi connectivity index (χ0) is 16.4. The highest BCUT2D eigenvalue weighted by atomic mass is 32.2. The summed E-state index contributed by atoms with van der Waals surface area (Å²) in [6, 6.07) is 9.11. The maximum atomic E-state index is 12.4. The number of hydrogen-bond acceptors (Lipinski definition) is 4. The SMILES string of the molecule is CC(C)CNS(=O)(=O)c1ccn(S(=O)(=O)c2ccccc2)c1. The van der Waals surface area contributed by atoms with Crippen LogP contribution in [0.4, 0.5) is 0 Å². The second-order valence-corrected chi connectivity index (χ2v) is 8.85. The Morgan fingerprint density at radius 3 is 2.23 bits per heavy atom. The van der Waals surface area contributed by atoms with Gasteiger partial charge in [-0.25, -0.2) is 25.5 Å². The molecule has 0 aliphatic heterocycles. The van der Waals surface area contributed by atoms with Gasteiger partial charge in [0.1, 0.15) is 4.90 Å². The first-order valence-electron chi connectivity index (χ1n) is 6.72. The van der Waals surface area contributed by atoms with Crippen LogP contribution in [0.25, 0.3) is 0 Å². The highest BCUT2D eigenvalue weighted by Gasteiger charge is 2.21. The minimum atomic E-state index is -3.79. The topological polar surface area (TPSA) is 85.2 Å². The second kappa shape index (κ2) is 6.23. The molecule has 0 fully saturated rings. The summed E-state index contributed by atoms with van der Waals surface area (Å²) in [6.45, 7) is 4.06. The molecule has 1 aromatic carbocycles. The smallest absolute Gasteiger partial charge is 0.248 e. The van der Waals surface area contributed by atoms with Gasteiger partial charge in [-0.3, -0.25) is 0 Å². The summed E-state index contributed by atoms with van der Waals surface area (Å²) in [5, 5.41) is 0. The van der Waals surface area contributed by atoms with Gasteiger partial charge in [0.15, 0.2) is 0 Å². The van der Waals surface area contributed by atoms with Crippen molar-refractivity contribution in [2.45, 2.75) is 23.6 Å². The third-order valence-corrected chi connectivity index (χ3v) is 6.01. The van der Waals surface area contributed by atoms with Crippen LogP contribution in [0.1, 0.15) is 13.8 Å². The number of benzene rings is 1. The predicted octanol–water partition coefficient (Wildman–Crippen LogP) is 1.66. The Morgan fingerprint density at radius 2 is 1.64 bits per heavy atom. The average molecular weight is 342 g/mol. The Labute approximate surface area is 130 Å². The molecule has 1 aromatic heterocycles. The first kappa shape index (κ1) is 16.7. The summed E-state index contributed by atoms with van der Waals surface area (Å²) in [4.78, 5) is 0.0253. The summed E-state index contributed by atoms with van der Waals surface area (Å²) < 4.78 is 52.3. The lowest BCUT2D eigenvalue weighted by atomic mass is 10.2. The summed E-state index contributed by atoms with van der Waals surface area (Å²) in [7, 11) is -7.50. The van der Waals surface area contributed by atoms with Crippen molar-refractivity contribution in [2.24, 2.45) is 5.92 Å². The van der Waals surface area contributed by atoms with Crippen molar-refractivity contribution >= 4 is 20.0 Å². The van der Waals surface area contributed by atoms with E-state index in [1.54, 1.807) is 18.2 Å². The van der Waals surface area contributed by atoms with Gasteiger partial charge in [-0.2, -0.15) is 0 Å². The van der Waals surface area contributed by atoms with Gasteiger partial charge in [-0.1, -0.05) is 32.0 Å². The molecule has 8 heteroatoms. The Bertz CT molecular complexity index is 838. The molecule has 2 aromatic rings. The minimum Gasteiger partial charge on any atom is -0.248 e. The lowest BCUT2D eigenvalue weighted by molar-refractivity contribution is 0.560. The molecule has 0 aliphatic carbocycles. The number of rotatable bonds is 6. The van der Waals surface area contributed by atoms with Crippen LogP contribution < -0.4 is 4.72 Å². The van der Waals surface area contributed by atoms with Gasteiger partial charge < -0.3 is 0 Å². The van der Waals surface area contributed by atoms with Gasteiger partial charge in [0.2, 0.25) is 10.0 Å². The maximum Gasteiger partial charge on any atom is 0.267 e. The van der Waals surface area contributed by atoms with E-state index in [2.05, 4.69) is 4.72 Å². The van der Waals surface area contributed by atoms with Crippen LogP contribution in [-0.2, 0) is 20.0 Å². The predicted molar refractivity (Wildman–Crippen MR) is 83.5 cm³/mol. The first-order valence-corrected chi connectivity index (χ1v) is 9.64. The van der Waals surface area contributed by atoms with Crippen LogP contribution in [0.15, 0.2) is 58.6 Å². The molecule has 120 valence electrons. The maximum absolute atomic E-state index is 12.4. The molecule has 0 atom stereocenters. The fourth-order valence-electron chi connectivity index (χ4n) is 1.74. The molecule has 6 nitrogen and oxygen atoms in total. The third-order valence-electron chi connectivity index (χ3n) is 2.95. The fraction of sp³-hybridized carbons (Fsp3) is 0.286. The monoisotopic (exact) mass is 342 g/mol. The third kappa shape index (κ3) is 3.57. The number of hydrogen-bond donors (Lipinski definition) is 1.